The van der Waals surface area contributed by atoms with E-state index >= 15 is 0 Å². The van der Waals surface area contributed by atoms with Crippen LogP contribution in [-0.2, 0) is 15.1 Å². The zero-order valence-electron chi connectivity index (χ0n) is 15.7. The number of ether oxygens (including phenoxy) is 1. The first-order valence-electron chi connectivity index (χ1n) is 8.60. The number of amides is 4. The van der Waals surface area contributed by atoms with Crippen LogP contribution >= 0.6 is 11.6 Å². The molecule has 1 unspecified atom stereocenters. The van der Waals surface area contributed by atoms with Crippen LogP contribution in [0.1, 0.15) is 18.1 Å². The Morgan fingerprint density at radius 1 is 1.25 bits per heavy atom. The molecule has 0 aliphatic carbocycles. The third-order valence-electron chi connectivity index (χ3n) is 4.62. The highest BCUT2D eigenvalue weighted by molar-refractivity contribution is 6.32. The van der Waals surface area contributed by atoms with Crippen molar-refractivity contribution >= 4 is 35.1 Å². The summed E-state index contributed by atoms with van der Waals surface area (Å²) in [7, 11) is 1.49. The van der Waals surface area contributed by atoms with Crippen LogP contribution in [0.15, 0.2) is 42.5 Å². The normalized spacial score (nSPS) is 18.8. The van der Waals surface area contributed by atoms with E-state index in [1.165, 1.54) is 7.11 Å². The Morgan fingerprint density at radius 3 is 2.64 bits per heavy atom. The molecule has 0 radical (unpaired) electrons. The maximum absolute atomic E-state index is 12.9. The molecule has 1 aliphatic rings. The van der Waals surface area contributed by atoms with E-state index in [9.17, 15) is 14.4 Å². The van der Waals surface area contributed by atoms with Crippen LogP contribution in [0.5, 0.6) is 5.75 Å². The molecule has 4 amide bonds. The minimum atomic E-state index is -1.34. The Hall–Kier alpha value is -3.06. The number of halogens is 1. The van der Waals surface area contributed by atoms with E-state index in [2.05, 4.69) is 10.6 Å². The summed E-state index contributed by atoms with van der Waals surface area (Å²) in [5.74, 6) is -0.579. The van der Waals surface area contributed by atoms with Gasteiger partial charge in [0.25, 0.3) is 5.91 Å². The van der Waals surface area contributed by atoms with E-state index in [1.54, 1.807) is 43.3 Å². The number of carbonyl (C=O) groups excluding carboxylic acids is 3. The third kappa shape index (κ3) is 3.53. The van der Waals surface area contributed by atoms with Gasteiger partial charge < -0.3 is 15.4 Å². The van der Waals surface area contributed by atoms with E-state index in [0.29, 0.717) is 22.0 Å². The van der Waals surface area contributed by atoms with Crippen molar-refractivity contribution in [2.75, 3.05) is 19.0 Å². The molecule has 0 aromatic heterocycles. The Morgan fingerprint density at radius 2 is 1.96 bits per heavy atom. The molecule has 28 heavy (non-hydrogen) atoms. The number of anilines is 1. The first kappa shape index (κ1) is 19.7. The van der Waals surface area contributed by atoms with Crippen molar-refractivity contribution in [3.8, 4) is 5.75 Å². The number of urea groups is 1. The lowest BCUT2D eigenvalue weighted by Gasteiger charge is -2.23. The molecule has 0 spiro atoms. The Bertz CT molecular complexity index is 962. The van der Waals surface area contributed by atoms with Gasteiger partial charge in [0.15, 0.2) is 0 Å². The fourth-order valence-corrected chi connectivity index (χ4v) is 3.47. The third-order valence-corrected chi connectivity index (χ3v) is 4.95. The van der Waals surface area contributed by atoms with Gasteiger partial charge in [-0.1, -0.05) is 35.9 Å². The maximum Gasteiger partial charge on any atom is 0.325 e. The van der Waals surface area contributed by atoms with Gasteiger partial charge in [-0.05, 0) is 37.6 Å². The zero-order chi connectivity index (χ0) is 20.5. The van der Waals surface area contributed by atoms with Gasteiger partial charge in [0.2, 0.25) is 5.91 Å². The Labute approximate surface area is 167 Å². The van der Waals surface area contributed by atoms with Gasteiger partial charge in [0.1, 0.15) is 17.8 Å². The van der Waals surface area contributed by atoms with E-state index in [-0.39, 0.29) is 0 Å². The molecule has 2 aromatic carbocycles. The van der Waals surface area contributed by atoms with Gasteiger partial charge in [0.05, 0.1) is 12.8 Å². The van der Waals surface area contributed by atoms with Gasteiger partial charge >= 0.3 is 6.03 Å². The number of carbonyl (C=O) groups is 3. The molecule has 1 fully saturated rings. The number of nitrogens with one attached hydrogen (secondary N) is 2. The van der Waals surface area contributed by atoms with Crippen LogP contribution in [0.2, 0.25) is 5.02 Å². The van der Waals surface area contributed by atoms with E-state index in [0.717, 1.165) is 10.5 Å². The largest absolute Gasteiger partial charge is 0.495 e. The fourth-order valence-electron chi connectivity index (χ4n) is 3.14. The van der Waals surface area contributed by atoms with Crippen molar-refractivity contribution in [3.05, 3.63) is 58.6 Å². The molecule has 3 rings (SSSR count). The van der Waals surface area contributed by atoms with Gasteiger partial charge in [0, 0.05) is 10.6 Å². The molecule has 146 valence electrons. The van der Waals surface area contributed by atoms with Crippen LogP contribution in [0.25, 0.3) is 0 Å². The molecule has 0 saturated carbocycles. The average Bonchev–Trinajstić information content (AvgIpc) is 2.86. The number of methoxy groups -OCH3 is 1. The summed E-state index contributed by atoms with van der Waals surface area (Å²) in [6.45, 7) is 3.01. The average molecular weight is 402 g/mol. The summed E-state index contributed by atoms with van der Waals surface area (Å²) >= 11 is 6.20. The van der Waals surface area contributed by atoms with Crippen LogP contribution in [-0.4, -0.2) is 36.4 Å². The molecule has 2 aromatic rings. The van der Waals surface area contributed by atoms with Crippen molar-refractivity contribution in [1.82, 2.24) is 10.2 Å². The quantitative estimate of drug-likeness (QED) is 0.754. The summed E-state index contributed by atoms with van der Waals surface area (Å²) in [4.78, 5) is 38.7. The second-order valence-corrected chi connectivity index (χ2v) is 7.09. The van der Waals surface area contributed by atoms with Gasteiger partial charge in [-0.2, -0.15) is 0 Å². The van der Waals surface area contributed by atoms with Crippen LogP contribution < -0.4 is 15.4 Å². The van der Waals surface area contributed by atoms with E-state index in [1.807, 2.05) is 13.0 Å². The smallest absolute Gasteiger partial charge is 0.325 e. The first-order valence-corrected chi connectivity index (χ1v) is 8.97. The van der Waals surface area contributed by atoms with E-state index < -0.39 is 29.9 Å². The summed E-state index contributed by atoms with van der Waals surface area (Å²) in [5.41, 5.74) is 0.528. The lowest BCUT2D eigenvalue weighted by atomic mass is 9.92. The van der Waals surface area contributed by atoms with Gasteiger partial charge in [-0.3, -0.25) is 14.5 Å². The van der Waals surface area contributed by atoms with Gasteiger partial charge in [-0.25, -0.2) is 4.79 Å². The Kier molecular flexibility index (Phi) is 5.29. The maximum atomic E-state index is 12.9. The predicted octanol–water partition coefficient (Wildman–Crippen LogP) is 3.06. The number of hydrogen-bond acceptors (Lipinski definition) is 4. The van der Waals surface area contributed by atoms with Crippen LogP contribution in [0.4, 0.5) is 10.5 Å². The lowest BCUT2D eigenvalue weighted by molar-refractivity contribution is -0.133. The minimum Gasteiger partial charge on any atom is -0.495 e. The number of benzene rings is 2. The zero-order valence-corrected chi connectivity index (χ0v) is 16.5. The second kappa shape index (κ2) is 7.52. The number of aryl methyl sites for hydroxylation is 1. The van der Waals surface area contributed by atoms with Crippen molar-refractivity contribution in [2.24, 2.45) is 0 Å². The van der Waals surface area contributed by atoms with Crippen LogP contribution in [0.3, 0.4) is 0 Å². The number of imide groups is 1. The van der Waals surface area contributed by atoms with Crippen LogP contribution in [0, 0.1) is 6.92 Å². The summed E-state index contributed by atoms with van der Waals surface area (Å²) < 4.78 is 5.23. The van der Waals surface area contributed by atoms with Crippen molar-refractivity contribution in [1.29, 1.82) is 0 Å². The molecule has 1 atom stereocenters. The first-order chi connectivity index (χ1) is 13.3. The molecule has 8 heteroatoms. The predicted molar refractivity (Wildman–Crippen MR) is 105 cm³/mol. The fraction of sp³-hybridized carbons (Fsp3) is 0.250. The SMILES string of the molecule is COc1ccc(C)cc1NC(=O)CN1C(=O)NC(C)(c2ccccc2Cl)C1=O. The summed E-state index contributed by atoms with van der Waals surface area (Å²) in [6.07, 6.45) is 0. The van der Waals surface area contributed by atoms with Gasteiger partial charge in [-0.15, -0.1) is 0 Å². The molecule has 7 nitrogen and oxygen atoms in total. The number of nitrogens with zero attached hydrogens (tertiary/aromatic N) is 1. The minimum absolute atomic E-state index is 0.356. The topological polar surface area (TPSA) is 87.7 Å². The second-order valence-electron chi connectivity index (χ2n) is 6.68. The molecule has 1 saturated heterocycles. The van der Waals surface area contributed by atoms with Crippen molar-refractivity contribution in [3.63, 3.8) is 0 Å². The number of rotatable bonds is 5. The number of hydrogen-bond donors (Lipinski definition) is 2. The highest BCUT2D eigenvalue weighted by Gasteiger charge is 2.50. The molecule has 1 aliphatic heterocycles. The Balaban J connectivity index is 1.79. The molecule has 2 N–H and O–H groups in total. The summed E-state index contributed by atoms with van der Waals surface area (Å²) in [5, 5.41) is 5.68. The molecule has 1 heterocycles. The summed E-state index contributed by atoms with van der Waals surface area (Å²) in [6, 6.07) is 11.4. The standard InChI is InChI=1S/C20H20ClN3O4/c1-12-8-9-16(28-3)15(10-12)22-17(25)11-24-18(26)20(2,23-19(24)27)13-6-4-5-7-14(13)21/h4-10H,11H2,1-3H3,(H,22,25)(H,23,27). The van der Waals surface area contributed by atoms with Crippen molar-refractivity contribution < 1.29 is 19.1 Å². The van der Waals surface area contributed by atoms with E-state index in [4.69, 9.17) is 16.3 Å². The van der Waals surface area contributed by atoms with Crippen molar-refractivity contribution in [2.45, 2.75) is 19.4 Å². The molecular formula is C20H20ClN3O4. The highest BCUT2D eigenvalue weighted by Crippen LogP contribution is 2.33. The lowest BCUT2D eigenvalue weighted by Crippen LogP contribution is -2.42. The molecule has 0 bridgehead atoms. The highest BCUT2D eigenvalue weighted by atomic mass is 35.5. The monoisotopic (exact) mass is 401 g/mol. The molecular weight excluding hydrogens is 382 g/mol.